The third-order valence-electron chi connectivity index (χ3n) is 2.48. The molecule has 0 unspecified atom stereocenters. The second kappa shape index (κ2) is 6.23. The molecule has 9 heteroatoms. The predicted octanol–water partition coefficient (Wildman–Crippen LogP) is 3.10. The minimum absolute atomic E-state index is 0.00455. The van der Waals surface area contributed by atoms with E-state index < -0.39 is 36.9 Å². The van der Waals surface area contributed by atoms with Crippen molar-refractivity contribution in [2.24, 2.45) is 0 Å². The van der Waals surface area contributed by atoms with E-state index in [-0.39, 0.29) is 11.3 Å². The number of nitrogens with one attached hydrogen (secondary N) is 2. The van der Waals surface area contributed by atoms with Crippen LogP contribution in [0.2, 0.25) is 0 Å². The second-order valence-electron chi connectivity index (χ2n) is 4.27. The summed E-state index contributed by atoms with van der Waals surface area (Å²) < 4.78 is 73.5. The number of alkyl halides is 6. The summed E-state index contributed by atoms with van der Waals surface area (Å²) in [5.74, 6) is -0.971. The van der Waals surface area contributed by atoms with Crippen LogP contribution in [0, 0.1) is 6.92 Å². The fourth-order valence-corrected chi connectivity index (χ4v) is 1.48. The Morgan fingerprint density at radius 3 is 2.29 bits per heavy atom. The van der Waals surface area contributed by atoms with Crippen LogP contribution in [0.1, 0.15) is 11.1 Å². The molecule has 1 rings (SSSR count). The number of carbonyl (C=O) groups excluding carboxylic acids is 1. The molecule has 0 atom stereocenters. The Morgan fingerprint density at radius 2 is 1.76 bits per heavy atom. The predicted molar refractivity (Wildman–Crippen MR) is 63.7 cm³/mol. The van der Waals surface area contributed by atoms with E-state index in [1.54, 1.807) is 5.32 Å². The van der Waals surface area contributed by atoms with Gasteiger partial charge >= 0.3 is 12.4 Å². The monoisotopic (exact) mass is 314 g/mol. The Hall–Kier alpha value is -1.93. The van der Waals surface area contributed by atoms with Crippen LogP contribution >= 0.6 is 0 Å². The molecule has 2 N–H and O–H groups in total. The number of anilines is 1. The van der Waals surface area contributed by atoms with Gasteiger partial charge in [-0.2, -0.15) is 26.3 Å². The molecule has 118 valence electrons. The second-order valence-corrected chi connectivity index (χ2v) is 4.27. The van der Waals surface area contributed by atoms with E-state index in [1.165, 1.54) is 19.1 Å². The lowest BCUT2D eigenvalue weighted by atomic mass is 10.1. The number of amides is 1. The molecule has 0 fully saturated rings. The number of rotatable bonds is 4. The Kier molecular flexibility index (Phi) is 5.08. The molecule has 0 aliphatic heterocycles. The third kappa shape index (κ3) is 5.92. The van der Waals surface area contributed by atoms with Gasteiger partial charge in [0, 0.05) is 5.69 Å². The number of benzene rings is 1. The van der Waals surface area contributed by atoms with E-state index in [4.69, 9.17) is 0 Å². The van der Waals surface area contributed by atoms with E-state index >= 15 is 0 Å². The Labute approximate surface area is 116 Å². The summed E-state index contributed by atoms with van der Waals surface area (Å²) >= 11 is 0. The SMILES string of the molecule is Cc1ccc(NCC(=O)NCC(F)(F)F)cc1C(F)(F)F. The maximum absolute atomic E-state index is 12.6. The van der Waals surface area contributed by atoms with E-state index in [1.807, 2.05) is 0 Å². The minimum atomic E-state index is -4.54. The molecule has 1 aromatic carbocycles. The van der Waals surface area contributed by atoms with Gasteiger partial charge in [-0.15, -0.1) is 0 Å². The molecule has 0 saturated carbocycles. The maximum atomic E-state index is 12.6. The maximum Gasteiger partial charge on any atom is 0.416 e. The van der Waals surface area contributed by atoms with Gasteiger partial charge < -0.3 is 10.6 Å². The highest BCUT2D eigenvalue weighted by molar-refractivity contribution is 5.80. The molecule has 0 radical (unpaired) electrons. The fraction of sp³-hybridized carbons (Fsp3) is 0.417. The van der Waals surface area contributed by atoms with Crippen molar-refractivity contribution >= 4 is 11.6 Å². The molecule has 21 heavy (non-hydrogen) atoms. The first-order valence-corrected chi connectivity index (χ1v) is 5.74. The molecular formula is C12H12F6N2O. The van der Waals surface area contributed by atoms with Crippen LogP contribution in [0.5, 0.6) is 0 Å². The summed E-state index contributed by atoms with van der Waals surface area (Å²) in [6.07, 6.45) is -9.08. The number of carbonyl (C=O) groups is 1. The van der Waals surface area contributed by atoms with Crippen LogP contribution < -0.4 is 10.6 Å². The molecule has 0 aromatic heterocycles. The molecule has 1 amide bonds. The molecule has 0 aliphatic rings. The van der Waals surface area contributed by atoms with Crippen LogP contribution in [0.4, 0.5) is 32.0 Å². The van der Waals surface area contributed by atoms with Crippen LogP contribution in [0.15, 0.2) is 18.2 Å². The summed E-state index contributed by atoms with van der Waals surface area (Å²) in [4.78, 5) is 11.1. The lowest BCUT2D eigenvalue weighted by Crippen LogP contribution is -2.37. The van der Waals surface area contributed by atoms with Gasteiger partial charge in [-0.3, -0.25) is 4.79 Å². The van der Waals surface area contributed by atoms with Crippen molar-refractivity contribution in [3.05, 3.63) is 29.3 Å². The first-order valence-electron chi connectivity index (χ1n) is 5.74. The summed E-state index contributed by atoms with van der Waals surface area (Å²) in [6.45, 7) is -0.770. The van der Waals surface area contributed by atoms with Crippen LogP contribution in [0.25, 0.3) is 0 Å². The van der Waals surface area contributed by atoms with E-state index in [0.717, 1.165) is 6.07 Å². The Bertz CT molecular complexity index is 509. The molecular weight excluding hydrogens is 302 g/mol. The lowest BCUT2D eigenvalue weighted by Gasteiger charge is -2.13. The zero-order chi connectivity index (χ0) is 16.3. The third-order valence-corrected chi connectivity index (χ3v) is 2.48. The fourth-order valence-electron chi connectivity index (χ4n) is 1.48. The number of hydrogen-bond acceptors (Lipinski definition) is 2. The molecule has 1 aromatic rings. The number of aryl methyl sites for hydroxylation is 1. The largest absolute Gasteiger partial charge is 0.416 e. The quantitative estimate of drug-likeness (QED) is 0.839. The smallest absolute Gasteiger partial charge is 0.376 e. The van der Waals surface area contributed by atoms with Gasteiger partial charge in [-0.25, -0.2) is 0 Å². The first-order chi connectivity index (χ1) is 9.49. The zero-order valence-corrected chi connectivity index (χ0v) is 10.8. The van der Waals surface area contributed by atoms with E-state index in [2.05, 4.69) is 5.32 Å². The Balaban J connectivity index is 2.62. The number of halogens is 6. The van der Waals surface area contributed by atoms with Crippen molar-refractivity contribution in [2.75, 3.05) is 18.4 Å². The number of hydrogen-bond donors (Lipinski definition) is 2. The van der Waals surface area contributed by atoms with Gasteiger partial charge in [-0.1, -0.05) is 6.07 Å². The van der Waals surface area contributed by atoms with Crippen molar-refractivity contribution < 1.29 is 31.1 Å². The molecule has 0 saturated heterocycles. The minimum Gasteiger partial charge on any atom is -0.376 e. The van der Waals surface area contributed by atoms with Crippen molar-refractivity contribution in [1.82, 2.24) is 5.32 Å². The van der Waals surface area contributed by atoms with Crippen molar-refractivity contribution in [3.8, 4) is 0 Å². The van der Waals surface area contributed by atoms with Gasteiger partial charge in [-0.05, 0) is 24.6 Å². The van der Waals surface area contributed by atoms with Gasteiger partial charge in [0.2, 0.25) is 5.91 Å². The highest BCUT2D eigenvalue weighted by Crippen LogP contribution is 2.33. The standard InChI is InChI=1S/C12H12F6N2O/c1-7-2-3-8(4-9(7)12(16,17)18)19-5-10(21)20-6-11(13,14)15/h2-4,19H,5-6H2,1H3,(H,20,21). The van der Waals surface area contributed by atoms with Crippen molar-refractivity contribution in [2.45, 2.75) is 19.3 Å². The first kappa shape index (κ1) is 17.1. The van der Waals surface area contributed by atoms with Gasteiger partial charge in [0.05, 0.1) is 12.1 Å². The molecule has 0 bridgehead atoms. The normalized spacial score (nSPS) is 12.1. The molecule has 0 spiro atoms. The van der Waals surface area contributed by atoms with Gasteiger partial charge in [0.15, 0.2) is 0 Å². The topological polar surface area (TPSA) is 41.1 Å². The van der Waals surface area contributed by atoms with Crippen molar-refractivity contribution in [1.29, 1.82) is 0 Å². The summed E-state index contributed by atoms with van der Waals surface area (Å²) in [5.41, 5.74) is -0.868. The molecule has 0 aliphatic carbocycles. The molecule has 3 nitrogen and oxygen atoms in total. The van der Waals surface area contributed by atoms with Gasteiger partial charge in [0.25, 0.3) is 0 Å². The van der Waals surface area contributed by atoms with Crippen LogP contribution in [0.3, 0.4) is 0 Å². The summed E-state index contributed by atoms with van der Waals surface area (Å²) in [6, 6.07) is 3.31. The van der Waals surface area contributed by atoms with Crippen molar-refractivity contribution in [3.63, 3.8) is 0 Å². The average molecular weight is 314 g/mol. The average Bonchev–Trinajstić information content (AvgIpc) is 2.33. The lowest BCUT2D eigenvalue weighted by molar-refractivity contribution is -0.138. The van der Waals surface area contributed by atoms with Gasteiger partial charge in [0.1, 0.15) is 6.54 Å². The molecule has 0 heterocycles. The highest BCUT2D eigenvalue weighted by atomic mass is 19.4. The summed E-state index contributed by atoms with van der Waals surface area (Å²) in [5, 5.41) is 3.94. The van der Waals surface area contributed by atoms with Crippen LogP contribution in [-0.2, 0) is 11.0 Å². The Morgan fingerprint density at radius 1 is 1.14 bits per heavy atom. The zero-order valence-electron chi connectivity index (χ0n) is 10.8. The summed E-state index contributed by atoms with van der Waals surface area (Å²) in [7, 11) is 0. The van der Waals surface area contributed by atoms with E-state index in [9.17, 15) is 31.1 Å². The van der Waals surface area contributed by atoms with Crippen LogP contribution in [-0.4, -0.2) is 25.2 Å². The highest BCUT2D eigenvalue weighted by Gasteiger charge is 2.32. The van der Waals surface area contributed by atoms with E-state index in [0.29, 0.717) is 0 Å².